The van der Waals surface area contributed by atoms with E-state index in [2.05, 4.69) is 17.6 Å². The number of pyridine rings is 1. The van der Waals surface area contributed by atoms with Crippen molar-refractivity contribution in [2.45, 2.75) is 48.3 Å². The normalized spacial score (nSPS) is 18.5. The third kappa shape index (κ3) is 6.86. The highest BCUT2D eigenvalue weighted by atomic mass is 35.5. The fourth-order valence-corrected chi connectivity index (χ4v) is 5.84. The molecule has 5 rings (SSSR count). The number of ether oxygens (including phenoxy) is 2. The van der Waals surface area contributed by atoms with Crippen LogP contribution in [0.5, 0.6) is 5.75 Å². The van der Waals surface area contributed by atoms with E-state index in [1.165, 1.54) is 25.4 Å². The molecule has 16 heteroatoms. The van der Waals surface area contributed by atoms with E-state index in [9.17, 15) is 29.6 Å². The van der Waals surface area contributed by atoms with Gasteiger partial charge in [0.2, 0.25) is 5.43 Å². The summed E-state index contributed by atoms with van der Waals surface area (Å²) < 4.78 is 28.7. The summed E-state index contributed by atoms with van der Waals surface area (Å²) in [6, 6.07) is 4.29. The maximum absolute atomic E-state index is 15.8. The number of piperazine rings is 1. The first-order chi connectivity index (χ1) is 22.3. The number of hydrogen-bond acceptors (Lipinski definition) is 10. The lowest BCUT2D eigenvalue weighted by molar-refractivity contribution is -0.384. The van der Waals surface area contributed by atoms with Gasteiger partial charge in [0, 0.05) is 50.0 Å². The third-order valence-electron chi connectivity index (χ3n) is 8.34. The Hall–Kier alpha value is -3.98. The summed E-state index contributed by atoms with van der Waals surface area (Å²) >= 11 is 11.3. The molecule has 2 fully saturated rings. The second kappa shape index (κ2) is 13.6. The molecule has 1 aliphatic heterocycles. The first kappa shape index (κ1) is 34.4. The van der Waals surface area contributed by atoms with Gasteiger partial charge in [-0.25, -0.2) is 9.18 Å². The number of anilines is 1. The van der Waals surface area contributed by atoms with Gasteiger partial charge in [-0.1, -0.05) is 23.2 Å². The Bertz CT molecular complexity index is 1770. The number of methoxy groups -OCH3 is 1. The Labute approximate surface area is 278 Å². The lowest BCUT2D eigenvalue weighted by Gasteiger charge is -2.35. The van der Waals surface area contributed by atoms with Crippen LogP contribution in [-0.2, 0) is 15.1 Å². The summed E-state index contributed by atoms with van der Waals surface area (Å²) in [7, 11) is 1.40. The average Bonchev–Trinajstić information content (AvgIpc) is 3.89. The molecule has 1 unspecified atom stereocenters. The van der Waals surface area contributed by atoms with Gasteiger partial charge in [0.25, 0.3) is 11.6 Å². The number of aromatic nitrogens is 1. The van der Waals surface area contributed by atoms with Crippen molar-refractivity contribution in [1.82, 2.24) is 15.2 Å². The summed E-state index contributed by atoms with van der Waals surface area (Å²) in [5.41, 5.74) is -3.22. The van der Waals surface area contributed by atoms with E-state index in [4.69, 9.17) is 32.7 Å². The molecule has 2 aliphatic rings. The van der Waals surface area contributed by atoms with Crippen LogP contribution in [0.15, 0.2) is 41.3 Å². The van der Waals surface area contributed by atoms with Crippen LogP contribution in [0, 0.1) is 22.9 Å². The number of carbonyl (C=O) groups excluding carboxylic acids is 2. The van der Waals surface area contributed by atoms with Crippen molar-refractivity contribution < 1.29 is 33.5 Å². The number of rotatable bonds is 11. The highest BCUT2D eigenvalue weighted by molar-refractivity contribution is 6.53. The molecular formula is C31H33Cl2FN5O8. The molecule has 0 spiro atoms. The highest BCUT2D eigenvalue weighted by Gasteiger charge is 2.40. The number of fused-ring (bicyclic) bond motifs is 1. The van der Waals surface area contributed by atoms with Gasteiger partial charge in [0.1, 0.15) is 23.5 Å². The van der Waals surface area contributed by atoms with E-state index in [0.717, 1.165) is 31.0 Å². The molecule has 13 nitrogen and oxygen atoms in total. The zero-order valence-corrected chi connectivity index (χ0v) is 27.0. The smallest absolute Gasteiger partial charge is 0.343 e. The number of nitro groups is 1. The minimum absolute atomic E-state index is 0.00707. The number of nitro benzene ring substituents is 1. The fraction of sp³-hybridized carbons (Fsp3) is 0.419. The van der Waals surface area contributed by atoms with Gasteiger partial charge in [0.15, 0.2) is 16.4 Å². The predicted octanol–water partition coefficient (Wildman–Crippen LogP) is 3.36. The number of amides is 1. The van der Waals surface area contributed by atoms with Gasteiger partial charge < -0.3 is 34.7 Å². The standard InChI is InChI=1S/C31H33Cl2FN5O8/c1-16-13-37(11-10-35-16)25-23(34)12-21-24(27(25)46-3)38(19-8-9-19)14-22(26(21)40)30(42)47-15-31(43,17(2)36-29(41)28(32)33)18-4-6-20(7-5-18)39(44)45/h4-7,12,14,16-17,19,28,35,43H,2,8-11,13,15H2,1,3H3,(H,36,41)/t16?,17-,31+/m1/s1. The monoisotopic (exact) mass is 692 g/mol. The first-order valence-electron chi connectivity index (χ1n) is 14.8. The van der Waals surface area contributed by atoms with E-state index < -0.39 is 56.7 Å². The molecule has 2 aromatic carbocycles. The SMILES string of the molecule is [CH2][C@@H](NC(=O)C(Cl)Cl)[C@@](O)(COC(=O)c1cn(C2CC2)c2c(OC)c(N3CCNC(C)C3)c(F)cc2c1=O)c1ccc([N+](=O)[O-])cc1. The fourth-order valence-electron chi connectivity index (χ4n) is 5.72. The Balaban J connectivity index is 1.53. The van der Waals surface area contributed by atoms with Gasteiger partial charge in [-0.2, -0.15) is 0 Å². The van der Waals surface area contributed by atoms with Crippen molar-refractivity contribution in [3.8, 4) is 5.75 Å². The van der Waals surface area contributed by atoms with Crippen LogP contribution >= 0.6 is 23.2 Å². The molecule has 1 amide bonds. The van der Waals surface area contributed by atoms with E-state index >= 15 is 4.39 Å². The molecule has 1 aromatic heterocycles. The Morgan fingerprint density at radius 2 is 1.98 bits per heavy atom. The van der Waals surface area contributed by atoms with Crippen molar-refractivity contribution >= 4 is 57.4 Å². The lowest BCUT2D eigenvalue weighted by Crippen LogP contribution is -2.53. The molecule has 0 bridgehead atoms. The number of nitrogens with zero attached hydrogens (tertiary/aromatic N) is 3. The van der Waals surface area contributed by atoms with Crippen molar-refractivity contribution in [3.63, 3.8) is 0 Å². The minimum Gasteiger partial charge on any atom is -0.492 e. The Morgan fingerprint density at radius 3 is 2.55 bits per heavy atom. The molecule has 3 N–H and O–H groups in total. The number of non-ortho nitro benzene ring substituents is 1. The van der Waals surface area contributed by atoms with E-state index in [1.807, 2.05) is 11.8 Å². The molecule has 1 saturated carbocycles. The summed E-state index contributed by atoms with van der Waals surface area (Å²) in [5, 5.41) is 28.4. The maximum atomic E-state index is 15.8. The number of esters is 1. The van der Waals surface area contributed by atoms with Gasteiger partial charge in [-0.3, -0.25) is 19.7 Å². The molecule has 3 atom stereocenters. The quantitative estimate of drug-likeness (QED) is 0.117. The van der Waals surface area contributed by atoms with Crippen molar-refractivity contribution in [2.75, 3.05) is 38.3 Å². The van der Waals surface area contributed by atoms with Crippen LogP contribution in [0.25, 0.3) is 10.9 Å². The molecule has 1 saturated heterocycles. The summed E-state index contributed by atoms with van der Waals surface area (Å²) in [4.78, 5) is 50.4. The molecule has 251 valence electrons. The van der Waals surface area contributed by atoms with Crippen LogP contribution in [0.2, 0.25) is 0 Å². The minimum atomic E-state index is -2.26. The largest absolute Gasteiger partial charge is 0.492 e. The zero-order valence-electron chi connectivity index (χ0n) is 25.5. The second-order valence-corrected chi connectivity index (χ2v) is 12.7. The van der Waals surface area contributed by atoms with E-state index in [-0.39, 0.29) is 40.2 Å². The number of nitrogens with one attached hydrogen (secondary N) is 2. The topological polar surface area (TPSA) is 165 Å². The van der Waals surface area contributed by atoms with Crippen LogP contribution in [-0.4, -0.2) is 76.7 Å². The van der Waals surface area contributed by atoms with Gasteiger partial charge in [0.05, 0.1) is 29.0 Å². The number of benzene rings is 2. The zero-order chi connectivity index (χ0) is 34.2. The number of alkyl halides is 2. The number of hydrogen-bond donors (Lipinski definition) is 3. The molecule has 47 heavy (non-hydrogen) atoms. The van der Waals surface area contributed by atoms with E-state index in [0.29, 0.717) is 25.2 Å². The molecule has 2 heterocycles. The summed E-state index contributed by atoms with van der Waals surface area (Å²) in [6.45, 7) is 6.53. The van der Waals surface area contributed by atoms with Crippen LogP contribution in [0.4, 0.5) is 15.8 Å². The third-order valence-corrected chi connectivity index (χ3v) is 8.74. The lowest BCUT2D eigenvalue weighted by atomic mass is 9.87. The van der Waals surface area contributed by atoms with Gasteiger partial charge in [-0.15, -0.1) is 0 Å². The van der Waals surface area contributed by atoms with Crippen molar-refractivity contribution in [1.29, 1.82) is 0 Å². The van der Waals surface area contributed by atoms with Crippen LogP contribution < -0.4 is 25.7 Å². The number of aliphatic hydroxyl groups is 1. The van der Waals surface area contributed by atoms with Gasteiger partial charge >= 0.3 is 5.97 Å². The highest BCUT2D eigenvalue weighted by Crippen LogP contribution is 2.44. The van der Waals surface area contributed by atoms with Crippen LogP contribution in [0.1, 0.15) is 41.7 Å². The van der Waals surface area contributed by atoms with Gasteiger partial charge in [-0.05, 0) is 50.5 Å². The number of carbonyl (C=O) groups is 2. The maximum Gasteiger partial charge on any atom is 0.343 e. The van der Waals surface area contributed by atoms with Crippen molar-refractivity contribution in [3.05, 3.63) is 80.7 Å². The predicted molar refractivity (Wildman–Crippen MR) is 173 cm³/mol. The second-order valence-electron chi connectivity index (χ2n) is 11.6. The Morgan fingerprint density at radius 1 is 1.30 bits per heavy atom. The Kier molecular flexibility index (Phi) is 9.96. The first-order valence-corrected chi connectivity index (χ1v) is 15.6. The molecular weight excluding hydrogens is 660 g/mol. The van der Waals surface area contributed by atoms with Crippen LogP contribution in [0.3, 0.4) is 0 Å². The summed E-state index contributed by atoms with van der Waals surface area (Å²) in [5.74, 6) is -2.56. The molecule has 1 aliphatic carbocycles. The molecule has 1 radical (unpaired) electrons. The number of halogens is 3. The van der Waals surface area contributed by atoms with Crippen molar-refractivity contribution in [2.24, 2.45) is 0 Å². The van der Waals surface area contributed by atoms with E-state index in [1.54, 1.807) is 4.57 Å². The average molecular weight is 694 g/mol. The molecule has 3 aromatic rings. The summed E-state index contributed by atoms with van der Waals surface area (Å²) in [6.07, 6.45) is 2.84.